The largest absolute Gasteiger partial charge is 0.477 e. The molecule has 0 bridgehead atoms. The second-order valence-electron chi connectivity index (χ2n) is 3.97. The summed E-state index contributed by atoms with van der Waals surface area (Å²) in [5.41, 5.74) is 5.70. The van der Waals surface area contributed by atoms with E-state index < -0.39 is 17.9 Å². The first-order chi connectivity index (χ1) is 8.47. The first-order valence-electron chi connectivity index (χ1n) is 5.44. The molecule has 2 aliphatic rings. The lowest BCUT2D eigenvalue weighted by atomic mass is 10.1. The van der Waals surface area contributed by atoms with Crippen molar-refractivity contribution in [1.82, 2.24) is 10.2 Å². The van der Waals surface area contributed by atoms with Crippen molar-refractivity contribution in [1.29, 1.82) is 0 Å². The molecular weight excluding hydrogens is 258 g/mol. The Kier molecular flexibility index (Phi) is 3.31. The number of thioether (sulfide) groups is 1. The molecule has 0 aromatic carbocycles. The summed E-state index contributed by atoms with van der Waals surface area (Å²) < 4.78 is 0. The summed E-state index contributed by atoms with van der Waals surface area (Å²) >= 11 is 1.35. The van der Waals surface area contributed by atoms with Crippen molar-refractivity contribution in [3.63, 3.8) is 0 Å². The van der Waals surface area contributed by atoms with Gasteiger partial charge in [0.2, 0.25) is 11.8 Å². The first kappa shape index (κ1) is 12.9. The van der Waals surface area contributed by atoms with Crippen LogP contribution in [-0.2, 0) is 14.4 Å². The molecule has 0 aliphatic carbocycles. The molecule has 2 aliphatic heterocycles. The van der Waals surface area contributed by atoms with Gasteiger partial charge in [-0.3, -0.25) is 14.5 Å². The number of carboxylic acid groups (broad SMARTS) is 1. The van der Waals surface area contributed by atoms with E-state index in [9.17, 15) is 14.4 Å². The molecule has 1 fully saturated rings. The van der Waals surface area contributed by atoms with Gasteiger partial charge in [-0.05, 0) is 0 Å². The average molecular weight is 271 g/mol. The maximum Gasteiger partial charge on any atom is 0.354 e. The van der Waals surface area contributed by atoms with Gasteiger partial charge in [0, 0.05) is 12.2 Å². The van der Waals surface area contributed by atoms with Crippen molar-refractivity contribution in [2.45, 2.75) is 24.8 Å². The van der Waals surface area contributed by atoms with Crippen molar-refractivity contribution in [3.8, 4) is 0 Å². The van der Waals surface area contributed by atoms with Crippen LogP contribution < -0.4 is 11.1 Å². The highest BCUT2D eigenvalue weighted by atomic mass is 32.2. The van der Waals surface area contributed by atoms with Gasteiger partial charge in [0.05, 0.1) is 5.70 Å². The van der Waals surface area contributed by atoms with E-state index in [-0.39, 0.29) is 29.1 Å². The second kappa shape index (κ2) is 4.62. The molecule has 0 spiro atoms. The minimum Gasteiger partial charge on any atom is -0.477 e. The zero-order valence-electron chi connectivity index (χ0n) is 9.67. The standard InChI is InChI=1S/C10H13N3O4S/c1-2-5(14)12-4-3-18-9-6(11)8(15)13(9)7(4)10(16)17/h6,9H,2-3,11H2,1H3,(H,12,14)(H,16,17)/t6?,9-/m0/s1. The maximum atomic E-state index is 11.6. The van der Waals surface area contributed by atoms with Crippen molar-refractivity contribution in [3.05, 3.63) is 11.4 Å². The number of carbonyl (C=O) groups excluding carboxylic acids is 2. The maximum absolute atomic E-state index is 11.6. The molecule has 18 heavy (non-hydrogen) atoms. The Hall–Kier alpha value is -1.54. The number of aliphatic carboxylic acids is 1. The summed E-state index contributed by atoms with van der Waals surface area (Å²) in [6.07, 6.45) is 0.248. The van der Waals surface area contributed by atoms with E-state index in [0.29, 0.717) is 5.75 Å². The molecule has 4 N–H and O–H groups in total. The van der Waals surface area contributed by atoms with Crippen molar-refractivity contribution >= 4 is 29.5 Å². The van der Waals surface area contributed by atoms with E-state index in [1.165, 1.54) is 11.8 Å². The van der Waals surface area contributed by atoms with Crippen LogP contribution >= 0.6 is 11.8 Å². The molecule has 1 saturated heterocycles. The number of nitrogens with two attached hydrogens (primary N) is 1. The number of hydrogen-bond donors (Lipinski definition) is 3. The number of hydrogen-bond acceptors (Lipinski definition) is 5. The van der Waals surface area contributed by atoms with Crippen molar-refractivity contribution in [2.75, 3.05) is 5.75 Å². The van der Waals surface area contributed by atoms with Crippen LogP contribution in [0.1, 0.15) is 13.3 Å². The molecule has 2 heterocycles. The molecule has 8 heteroatoms. The topological polar surface area (TPSA) is 113 Å². The van der Waals surface area contributed by atoms with Crippen LogP contribution in [0.4, 0.5) is 0 Å². The minimum atomic E-state index is -1.23. The number of β-lactam (4-membered cyclic amide) rings is 1. The lowest BCUT2D eigenvalue weighted by Crippen LogP contribution is -2.68. The quantitative estimate of drug-likeness (QED) is 0.570. The molecule has 2 amide bonds. The summed E-state index contributed by atoms with van der Waals surface area (Å²) in [4.78, 5) is 35.3. The number of rotatable bonds is 3. The van der Waals surface area contributed by atoms with E-state index >= 15 is 0 Å². The third-order valence-electron chi connectivity index (χ3n) is 2.82. The SMILES string of the molecule is CCC(=O)NC1=C(C(=O)O)N2C(=O)C(N)[C@@H]2SC1. The van der Waals surface area contributed by atoms with Crippen LogP contribution in [0.25, 0.3) is 0 Å². The lowest BCUT2D eigenvalue weighted by molar-refractivity contribution is -0.148. The molecule has 0 saturated carbocycles. The third kappa shape index (κ3) is 1.87. The van der Waals surface area contributed by atoms with Gasteiger partial charge in [-0.15, -0.1) is 11.8 Å². The summed E-state index contributed by atoms with van der Waals surface area (Å²) in [7, 11) is 0. The molecule has 0 radical (unpaired) electrons. The molecule has 2 atom stereocenters. The molecule has 2 rings (SSSR count). The Labute approximate surface area is 107 Å². The summed E-state index contributed by atoms with van der Waals surface area (Å²) in [6.45, 7) is 1.67. The van der Waals surface area contributed by atoms with Crippen molar-refractivity contribution in [2.24, 2.45) is 5.73 Å². The van der Waals surface area contributed by atoms with Gasteiger partial charge in [0.1, 0.15) is 11.4 Å². The number of carboxylic acids is 1. The number of nitrogens with one attached hydrogen (secondary N) is 1. The summed E-state index contributed by atoms with van der Waals surface area (Å²) in [5, 5.41) is 11.3. The Bertz CT molecular complexity index is 462. The normalized spacial score (nSPS) is 26.6. The van der Waals surface area contributed by atoms with Crippen LogP contribution in [0, 0.1) is 0 Å². The Morgan fingerprint density at radius 3 is 2.83 bits per heavy atom. The van der Waals surface area contributed by atoms with Gasteiger partial charge in [-0.25, -0.2) is 4.79 Å². The fourth-order valence-corrected chi connectivity index (χ4v) is 3.10. The number of fused-ring (bicyclic) bond motifs is 1. The number of nitrogens with zero attached hydrogens (tertiary/aromatic N) is 1. The van der Waals surface area contributed by atoms with Gasteiger partial charge in [0.25, 0.3) is 0 Å². The van der Waals surface area contributed by atoms with Crippen LogP contribution in [-0.4, -0.2) is 45.0 Å². The predicted octanol–water partition coefficient (Wildman–Crippen LogP) is -0.949. The van der Waals surface area contributed by atoms with E-state index in [4.69, 9.17) is 10.8 Å². The van der Waals surface area contributed by atoms with Gasteiger partial charge < -0.3 is 16.2 Å². The Morgan fingerprint density at radius 1 is 1.61 bits per heavy atom. The highest BCUT2D eigenvalue weighted by Gasteiger charge is 2.52. The van der Waals surface area contributed by atoms with Gasteiger partial charge >= 0.3 is 5.97 Å². The molecule has 1 unspecified atom stereocenters. The van der Waals surface area contributed by atoms with Gasteiger partial charge in [0.15, 0.2) is 5.70 Å². The fraction of sp³-hybridized carbons (Fsp3) is 0.500. The van der Waals surface area contributed by atoms with Crippen LogP contribution in [0.2, 0.25) is 0 Å². The highest BCUT2D eigenvalue weighted by molar-refractivity contribution is 8.00. The average Bonchev–Trinajstić information content (AvgIpc) is 2.36. The predicted molar refractivity (Wildman–Crippen MR) is 64.2 cm³/mol. The zero-order valence-corrected chi connectivity index (χ0v) is 10.5. The first-order valence-corrected chi connectivity index (χ1v) is 6.48. The summed E-state index contributed by atoms with van der Waals surface area (Å²) in [5.74, 6) is -1.60. The van der Waals surface area contributed by atoms with E-state index in [1.807, 2.05) is 0 Å². The monoisotopic (exact) mass is 271 g/mol. The highest BCUT2D eigenvalue weighted by Crippen LogP contribution is 2.38. The third-order valence-corrected chi connectivity index (χ3v) is 4.12. The molecular formula is C10H13N3O4S. The number of amides is 2. The van der Waals surface area contributed by atoms with Crippen LogP contribution in [0.3, 0.4) is 0 Å². The van der Waals surface area contributed by atoms with Crippen LogP contribution in [0.15, 0.2) is 11.4 Å². The lowest BCUT2D eigenvalue weighted by Gasteiger charge is -2.47. The Balaban J connectivity index is 2.32. The number of carbonyl (C=O) groups is 3. The van der Waals surface area contributed by atoms with E-state index in [2.05, 4.69) is 5.32 Å². The van der Waals surface area contributed by atoms with E-state index in [1.54, 1.807) is 6.92 Å². The molecule has 0 aromatic heterocycles. The minimum absolute atomic E-state index is 0.160. The van der Waals surface area contributed by atoms with Crippen LogP contribution in [0.5, 0.6) is 0 Å². The Morgan fingerprint density at radius 2 is 2.28 bits per heavy atom. The van der Waals surface area contributed by atoms with Gasteiger partial charge in [-0.2, -0.15) is 0 Å². The summed E-state index contributed by atoms with van der Waals surface area (Å²) in [6, 6.07) is -0.659. The molecule has 0 aromatic rings. The fourth-order valence-electron chi connectivity index (χ4n) is 1.87. The second-order valence-corrected chi connectivity index (χ2v) is 5.07. The zero-order chi connectivity index (χ0) is 13.4. The van der Waals surface area contributed by atoms with Crippen molar-refractivity contribution < 1.29 is 19.5 Å². The van der Waals surface area contributed by atoms with Gasteiger partial charge in [-0.1, -0.05) is 6.92 Å². The van der Waals surface area contributed by atoms with E-state index in [0.717, 1.165) is 4.90 Å². The molecule has 98 valence electrons. The molecule has 7 nitrogen and oxygen atoms in total. The smallest absolute Gasteiger partial charge is 0.354 e.